The number of rotatable bonds is 10. The van der Waals surface area contributed by atoms with Crippen LogP contribution in [0.2, 0.25) is 0 Å². The van der Waals surface area contributed by atoms with E-state index in [4.69, 9.17) is 14.3 Å². The highest BCUT2D eigenvalue weighted by atomic mass is 19.1. The van der Waals surface area contributed by atoms with Crippen molar-refractivity contribution in [2.45, 2.75) is 19.9 Å². The topological polar surface area (TPSA) is 80.0 Å². The van der Waals surface area contributed by atoms with Crippen LogP contribution >= 0.6 is 0 Å². The molecule has 0 saturated heterocycles. The van der Waals surface area contributed by atoms with Crippen molar-refractivity contribution in [1.29, 1.82) is 0 Å². The average Bonchev–Trinajstić information content (AvgIpc) is 3.34. The number of carbonyl (C=O) groups excluding carboxylic acids is 1. The van der Waals surface area contributed by atoms with Gasteiger partial charge in [-0.05, 0) is 48.9 Å². The van der Waals surface area contributed by atoms with Crippen LogP contribution in [0.5, 0.6) is 5.75 Å². The van der Waals surface area contributed by atoms with Gasteiger partial charge in [0.25, 0.3) is 5.91 Å². The first kappa shape index (κ1) is 23.8. The first-order chi connectivity index (χ1) is 15.8. The van der Waals surface area contributed by atoms with E-state index in [0.717, 1.165) is 11.3 Å². The Bertz CT molecular complexity index is 1110. The Labute approximate surface area is 191 Å². The van der Waals surface area contributed by atoms with Crippen LogP contribution in [0.15, 0.2) is 77.4 Å². The lowest BCUT2D eigenvalue weighted by molar-refractivity contribution is -0.140. The van der Waals surface area contributed by atoms with E-state index in [0.29, 0.717) is 23.3 Å². The first-order valence-electron chi connectivity index (χ1n) is 10.5. The van der Waals surface area contributed by atoms with Crippen molar-refractivity contribution in [3.63, 3.8) is 0 Å². The highest BCUT2D eigenvalue weighted by Gasteiger charge is 2.15. The highest BCUT2D eigenvalue weighted by Crippen LogP contribution is 2.23. The molecule has 3 rings (SSSR count). The second-order valence-corrected chi connectivity index (χ2v) is 7.73. The fourth-order valence-corrected chi connectivity index (χ4v) is 3.19. The second kappa shape index (κ2) is 11.1. The van der Waals surface area contributed by atoms with E-state index < -0.39 is 17.7 Å². The number of benzene rings is 2. The second-order valence-electron chi connectivity index (χ2n) is 7.73. The molecule has 0 aliphatic carbocycles. The fraction of sp³-hybridized carbons (Fsp3) is 0.231. The predicted octanol–water partition coefficient (Wildman–Crippen LogP) is 5.40. The number of carboxylic acids is 1. The van der Waals surface area contributed by atoms with Crippen LogP contribution < -0.4 is 4.74 Å². The van der Waals surface area contributed by atoms with Crippen molar-refractivity contribution < 1.29 is 28.2 Å². The van der Waals surface area contributed by atoms with Crippen LogP contribution in [0.3, 0.4) is 0 Å². The molecule has 2 aromatic carbocycles. The summed E-state index contributed by atoms with van der Waals surface area (Å²) in [6.45, 7) is 1.99. The zero-order chi connectivity index (χ0) is 23.8. The van der Waals surface area contributed by atoms with Gasteiger partial charge in [0.1, 0.15) is 23.9 Å². The molecule has 33 heavy (non-hydrogen) atoms. The van der Waals surface area contributed by atoms with Crippen molar-refractivity contribution in [2.75, 3.05) is 13.7 Å². The standard InChI is InChI=1S/C26H26FNO5/c1-18(26(30)31)6-3-4-14-32-24-13-12-22(27)16-21(24)17-28(2)25(29)20-10-8-19(9-11-20)23-7-5-15-33-23/h3-5,7-13,15-16,18H,6,14,17H2,1-2H3,(H,30,31). The average molecular weight is 451 g/mol. The molecule has 7 heteroatoms. The summed E-state index contributed by atoms with van der Waals surface area (Å²) in [5.74, 6) is -0.791. The molecule has 0 spiro atoms. The number of furan rings is 1. The van der Waals surface area contributed by atoms with Gasteiger partial charge in [0, 0.05) is 30.3 Å². The number of nitrogens with zero attached hydrogens (tertiary/aromatic N) is 1. The van der Waals surface area contributed by atoms with Crippen LogP contribution in [-0.4, -0.2) is 35.5 Å². The molecule has 0 aliphatic heterocycles. The molecule has 0 fully saturated rings. The number of ether oxygens (including phenoxy) is 1. The number of amides is 1. The van der Waals surface area contributed by atoms with Gasteiger partial charge in [-0.15, -0.1) is 0 Å². The molecule has 1 amide bonds. The third-order valence-electron chi connectivity index (χ3n) is 5.13. The summed E-state index contributed by atoms with van der Waals surface area (Å²) in [6, 6.07) is 14.9. The van der Waals surface area contributed by atoms with Gasteiger partial charge in [-0.3, -0.25) is 9.59 Å². The molecule has 6 nitrogen and oxygen atoms in total. The molecule has 1 heterocycles. The molecule has 1 unspecified atom stereocenters. The van der Waals surface area contributed by atoms with Gasteiger partial charge in [0.2, 0.25) is 0 Å². The summed E-state index contributed by atoms with van der Waals surface area (Å²) in [6.07, 6.45) is 5.45. The van der Waals surface area contributed by atoms with Crippen molar-refractivity contribution in [1.82, 2.24) is 4.90 Å². The lowest BCUT2D eigenvalue weighted by atomic mass is 10.1. The molecule has 172 valence electrons. The molecule has 1 aromatic heterocycles. The van der Waals surface area contributed by atoms with E-state index in [-0.39, 0.29) is 19.1 Å². The maximum atomic E-state index is 13.9. The molecule has 0 radical (unpaired) electrons. The molecule has 0 saturated carbocycles. The largest absolute Gasteiger partial charge is 0.489 e. The van der Waals surface area contributed by atoms with Gasteiger partial charge in [-0.1, -0.05) is 31.2 Å². The zero-order valence-electron chi connectivity index (χ0n) is 18.5. The molecule has 0 aliphatic rings. The molecular weight excluding hydrogens is 425 g/mol. The Balaban J connectivity index is 1.63. The number of aliphatic carboxylic acids is 1. The number of carboxylic acid groups (broad SMARTS) is 1. The van der Waals surface area contributed by atoms with E-state index in [9.17, 15) is 14.0 Å². The van der Waals surface area contributed by atoms with E-state index in [2.05, 4.69) is 0 Å². The van der Waals surface area contributed by atoms with Crippen LogP contribution in [-0.2, 0) is 11.3 Å². The van der Waals surface area contributed by atoms with Crippen LogP contribution in [0.1, 0.15) is 29.3 Å². The van der Waals surface area contributed by atoms with Gasteiger partial charge >= 0.3 is 5.97 Å². The Morgan fingerprint density at radius 2 is 1.91 bits per heavy atom. The van der Waals surface area contributed by atoms with Gasteiger partial charge in [-0.25, -0.2) is 4.39 Å². The minimum atomic E-state index is -0.857. The summed E-state index contributed by atoms with van der Waals surface area (Å²) < 4.78 is 25.0. The van der Waals surface area contributed by atoms with Gasteiger partial charge in [-0.2, -0.15) is 0 Å². The predicted molar refractivity (Wildman–Crippen MR) is 122 cm³/mol. The smallest absolute Gasteiger partial charge is 0.306 e. The van der Waals surface area contributed by atoms with Crippen LogP contribution in [0.25, 0.3) is 11.3 Å². The van der Waals surface area contributed by atoms with Gasteiger partial charge in [0.05, 0.1) is 12.2 Å². The van der Waals surface area contributed by atoms with Crippen molar-refractivity contribution in [3.05, 3.63) is 90.0 Å². The minimum absolute atomic E-state index is 0.158. The first-order valence-corrected chi connectivity index (χ1v) is 10.5. The summed E-state index contributed by atoms with van der Waals surface area (Å²) in [4.78, 5) is 25.2. The molecule has 0 bridgehead atoms. The molecule has 1 N–H and O–H groups in total. The fourth-order valence-electron chi connectivity index (χ4n) is 3.19. The zero-order valence-corrected chi connectivity index (χ0v) is 18.5. The van der Waals surface area contributed by atoms with E-state index in [1.54, 1.807) is 50.6 Å². The van der Waals surface area contributed by atoms with Crippen LogP contribution in [0.4, 0.5) is 4.39 Å². The highest BCUT2D eigenvalue weighted by molar-refractivity contribution is 5.94. The summed E-state index contributed by atoms with van der Waals surface area (Å²) >= 11 is 0. The number of hydrogen-bond donors (Lipinski definition) is 1. The maximum absolute atomic E-state index is 13.9. The number of halogens is 1. The third-order valence-corrected chi connectivity index (χ3v) is 5.13. The summed E-state index contributed by atoms with van der Waals surface area (Å²) in [5, 5.41) is 8.91. The lowest BCUT2D eigenvalue weighted by Crippen LogP contribution is -2.26. The Morgan fingerprint density at radius 1 is 1.15 bits per heavy atom. The van der Waals surface area contributed by atoms with Crippen molar-refractivity contribution in [3.8, 4) is 17.1 Å². The maximum Gasteiger partial charge on any atom is 0.306 e. The SMILES string of the molecule is CC(CC=CCOc1ccc(F)cc1CN(C)C(=O)c1ccc(-c2ccco2)cc1)C(=O)O. The van der Waals surface area contributed by atoms with E-state index in [1.807, 2.05) is 18.2 Å². The summed E-state index contributed by atoms with van der Waals surface area (Å²) in [5.41, 5.74) is 1.90. The quantitative estimate of drug-likeness (QED) is 0.417. The number of carbonyl (C=O) groups is 2. The molecule has 3 aromatic rings. The number of hydrogen-bond acceptors (Lipinski definition) is 4. The molecular formula is C26H26FNO5. The third kappa shape index (κ3) is 6.55. The van der Waals surface area contributed by atoms with Crippen LogP contribution in [0, 0.1) is 11.7 Å². The Hall–Kier alpha value is -3.87. The molecule has 1 atom stereocenters. The number of allylic oxidation sites excluding steroid dienone is 1. The van der Waals surface area contributed by atoms with Crippen molar-refractivity contribution >= 4 is 11.9 Å². The Morgan fingerprint density at radius 3 is 2.58 bits per heavy atom. The lowest BCUT2D eigenvalue weighted by Gasteiger charge is -2.19. The normalized spacial score (nSPS) is 12.0. The van der Waals surface area contributed by atoms with Gasteiger partial charge in [0.15, 0.2) is 0 Å². The Kier molecular flexibility index (Phi) is 8.02. The summed E-state index contributed by atoms with van der Waals surface area (Å²) in [7, 11) is 1.64. The minimum Gasteiger partial charge on any atom is -0.489 e. The van der Waals surface area contributed by atoms with Gasteiger partial charge < -0.3 is 19.2 Å². The van der Waals surface area contributed by atoms with Crippen molar-refractivity contribution in [2.24, 2.45) is 5.92 Å². The monoisotopic (exact) mass is 451 g/mol. The van der Waals surface area contributed by atoms with E-state index in [1.165, 1.54) is 23.1 Å². The van der Waals surface area contributed by atoms with E-state index >= 15 is 0 Å².